The molecule has 0 aliphatic carbocycles. The Morgan fingerprint density at radius 3 is 2.68 bits per heavy atom. The number of aromatic amines is 1. The molecule has 3 rings (SSSR count). The van der Waals surface area contributed by atoms with Gasteiger partial charge in [0.25, 0.3) is 0 Å². The zero-order valence-corrected chi connectivity index (χ0v) is 12.3. The average Bonchev–Trinajstić information content (AvgIpc) is 2.93. The number of aromatic nitrogens is 1. The van der Waals surface area contributed by atoms with E-state index in [1.807, 2.05) is 36.2 Å². The molecule has 22 heavy (non-hydrogen) atoms. The van der Waals surface area contributed by atoms with E-state index in [0.717, 1.165) is 10.9 Å². The number of likely N-dealkylation sites (N-methyl/N-ethyl adjacent to an activating group) is 1. The molecule has 0 fully saturated rings. The zero-order valence-electron chi connectivity index (χ0n) is 12.3. The van der Waals surface area contributed by atoms with Gasteiger partial charge in [-0.15, -0.1) is 0 Å². The van der Waals surface area contributed by atoms with Crippen LogP contribution in [-0.2, 0) is 6.54 Å². The first-order valence-corrected chi connectivity index (χ1v) is 7.16. The van der Waals surface area contributed by atoms with Crippen LogP contribution in [0.1, 0.15) is 15.9 Å². The predicted octanol–water partition coefficient (Wildman–Crippen LogP) is 3.62. The first-order valence-electron chi connectivity index (χ1n) is 7.16. The number of halogens is 1. The summed E-state index contributed by atoms with van der Waals surface area (Å²) in [6, 6.07) is 14.3. The van der Waals surface area contributed by atoms with Crippen molar-refractivity contribution in [2.24, 2.45) is 0 Å². The molecule has 4 heteroatoms. The smallest absolute Gasteiger partial charge is 0.178 e. The van der Waals surface area contributed by atoms with Gasteiger partial charge in [0, 0.05) is 34.8 Å². The zero-order chi connectivity index (χ0) is 15.5. The van der Waals surface area contributed by atoms with Crippen LogP contribution in [0.25, 0.3) is 10.9 Å². The van der Waals surface area contributed by atoms with E-state index in [1.54, 1.807) is 24.4 Å². The fourth-order valence-corrected chi connectivity index (χ4v) is 2.61. The molecule has 0 saturated heterocycles. The molecule has 112 valence electrons. The van der Waals surface area contributed by atoms with E-state index < -0.39 is 0 Å². The van der Waals surface area contributed by atoms with Crippen LogP contribution < -0.4 is 0 Å². The topological polar surface area (TPSA) is 36.1 Å². The Bertz CT molecular complexity index is 809. The Kier molecular flexibility index (Phi) is 4.02. The second-order valence-corrected chi connectivity index (χ2v) is 5.43. The highest BCUT2D eigenvalue weighted by atomic mass is 19.1. The normalized spacial score (nSPS) is 11.2. The molecular weight excluding hydrogens is 279 g/mol. The van der Waals surface area contributed by atoms with Crippen LogP contribution in [0.2, 0.25) is 0 Å². The minimum atomic E-state index is -0.242. The van der Waals surface area contributed by atoms with Crippen molar-refractivity contribution in [2.45, 2.75) is 6.54 Å². The van der Waals surface area contributed by atoms with Crippen LogP contribution >= 0.6 is 0 Å². The van der Waals surface area contributed by atoms with E-state index in [0.29, 0.717) is 17.7 Å². The summed E-state index contributed by atoms with van der Waals surface area (Å²) in [6.07, 6.45) is 1.74. The number of nitrogens with zero attached hydrogens (tertiary/aromatic N) is 1. The number of fused-ring (bicyclic) bond motifs is 1. The molecule has 1 N–H and O–H groups in total. The second-order valence-electron chi connectivity index (χ2n) is 5.43. The third-order valence-corrected chi connectivity index (χ3v) is 3.70. The molecule has 0 spiro atoms. The van der Waals surface area contributed by atoms with Crippen molar-refractivity contribution in [1.29, 1.82) is 0 Å². The Balaban J connectivity index is 1.73. The molecule has 0 aliphatic heterocycles. The molecule has 0 unspecified atom stereocenters. The number of rotatable bonds is 5. The molecule has 0 atom stereocenters. The van der Waals surface area contributed by atoms with Crippen molar-refractivity contribution >= 4 is 16.7 Å². The lowest BCUT2D eigenvalue weighted by molar-refractivity contribution is 0.0944. The summed E-state index contributed by atoms with van der Waals surface area (Å²) in [7, 11) is 1.82. The van der Waals surface area contributed by atoms with Crippen molar-refractivity contribution in [3.63, 3.8) is 0 Å². The van der Waals surface area contributed by atoms with Gasteiger partial charge in [-0.05, 0) is 19.2 Å². The number of hydrogen-bond acceptors (Lipinski definition) is 2. The minimum absolute atomic E-state index is 0.0243. The molecule has 1 heterocycles. The van der Waals surface area contributed by atoms with E-state index in [-0.39, 0.29) is 18.1 Å². The second kappa shape index (κ2) is 6.12. The monoisotopic (exact) mass is 296 g/mol. The number of ketones is 1. The SMILES string of the molecule is CN(CC(=O)c1c[nH]c2ccccc12)Cc1ccccc1F. The molecule has 0 bridgehead atoms. The van der Waals surface area contributed by atoms with Crippen LogP contribution in [0.15, 0.2) is 54.7 Å². The number of para-hydroxylation sites is 1. The van der Waals surface area contributed by atoms with Crippen LogP contribution in [0.3, 0.4) is 0 Å². The number of H-pyrrole nitrogens is 1. The van der Waals surface area contributed by atoms with Crippen molar-refractivity contribution < 1.29 is 9.18 Å². The number of hydrogen-bond donors (Lipinski definition) is 1. The Morgan fingerprint density at radius 2 is 1.86 bits per heavy atom. The molecular formula is C18H17FN2O. The fourth-order valence-electron chi connectivity index (χ4n) is 2.61. The number of nitrogens with one attached hydrogen (secondary N) is 1. The lowest BCUT2D eigenvalue weighted by atomic mass is 10.1. The molecule has 0 aliphatic rings. The summed E-state index contributed by atoms with van der Waals surface area (Å²) in [4.78, 5) is 17.4. The van der Waals surface area contributed by atoms with Crippen LogP contribution in [-0.4, -0.2) is 29.3 Å². The van der Waals surface area contributed by atoms with Gasteiger partial charge in [0.05, 0.1) is 6.54 Å². The van der Waals surface area contributed by atoms with Crippen molar-refractivity contribution in [1.82, 2.24) is 9.88 Å². The molecule has 0 saturated carbocycles. The largest absolute Gasteiger partial charge is 0.360 e. The summed E-state index contributed by atoms with van der Waals surface area (Å²) in [5.74, 6) is -0.217. The van der Waals surface area contributed by atoms with Gasteiger partial charge in [-0.1, -0.05) is 36.4 Å². The van der Waals surface area contributed by atoms with Crippen LogP contribution in [0.5, 0.6) is 0 Å². The maximum atomic E-state index is 13.7. The number of benzene rings is 2. The van der Waals surface area contributed by atoms with Crippen molar-refractivity contribution in [2.75, 3.05) is 13.6 Å². The summed E-state index contributed by atoms with van der Waals surface area (Å²) in [6.45, 7) is 0.650. The molecule has 2 aromatic carbocycles. The molecule has 0 amide bonds. The highest BCUT2D eigenvalue weighted by Gasteiger charge is 2.14. The maximum absolute atomic E-state index is 13.7. The van der Waals surface area contributed by atoms with Crippen LogP contribution in [0.4, 0.5) is 4.39 Å². The van der Waals surface area contributed by atoms with Gasteiger partial charge < -0.3 is 4.98 Å². The van der Waals surface area contributed by atoms with Gasteiger partial charge in [-0.25, -0.2) is 4.39 Å². The van der Waals surface area contributed by atoms with Crippen LogP contribution in [0, 0.1) is 5.82 Å². The summed E-state index contributed by atoms with van der Waals surface area (Å²) in [5, 5.41) is 0.923. The molecule has 0 radical (unpaired) electrons. The van der Waals surface area contributed by atoms with E-state index >= 15 is 0 Å². The average molecular weight is 296 g/mol. The number of Topliss-reactive ketones (excluding diaryl/α,β-unsaturated/α-hetero) is 1. The Labute approximate surface area is 128 Å². The van der Waals surface area contributed by atoms with E-state index in [1.165, 1.54) is 6.07 Å². The number of carbonyl (C=O) groups is 1. The fraction of sp³-hybridized carbons (Fsp3) is 0.167. The maximum Gasteiger partial charge on any atom is 0.178 e. The molecule has 3 aromatic rings. The minimum Gasteiger partial charge on any atom is -0.360 e. The summed E-state index contributed by atoms with van der Waals surface area (Å²) in [5.41, 5.74) is 2.22. The standard InChI is InChI=1S/C18H17FN2O/c1-21(11-13-6-2-4-8-16(13)19)12-18(22)15-10-20-17-9-5-3-7-14(15)17/h2-10,20H,11-12H2,1H3. The Hall–Kier alpha value is -2.46. The third-order valence-electron chi connectivity index (χ3n) is 3.70. The Morgan fingerprint density at radius 1 is 1.14 bits per heavy atom. The van der Waals surface area contributed by atoms with E-state index in [4.69, 9.17) is 0 Å². The van der Waals surface area contributed by atoms with E-state index in [9.17, 15) is 9.18 Å². The lowest BCUT2D eigenvalue weighted by Gasteiger charge is -2.16. The molecule has 1 aromatic heterocycles. The van der Waals surface area contributed by atoms with Crippen molar-refractivity contribution in [3.05, 3.63) is 71.7 Å². The highest BCUT2D eigenvalue weighted by molar-refractivity contribution is 6.08. The molecule has 3 nitrogen and oxygen atoms in total. The third kappa shape index (κ3) is 2.92. The van der Waals surface area contributed by atoms with Gasteiger partial charge in [0.15, 0.2) is 5.78 Å². The summed E-state index contributed by atoms with van der Waals surface area (Å²) >= 11 is 0. The first kappa shape index (κ1) is 14.5. The number of carbonyl (C=O) groups excluding carboxylic acids is 1. The quantitative estimate of drug-likeness (QED) is 0.730. The van der Waals surface area contributed by atoms with Gasteiger partial charge in [-0.2, -0.15) is 0 Å². The van der Waals surface area contributed by atoms with Gasteiger partial charge in [0.1, 0.15) is 5.82 Å². The van der Waals surface area contributed by atoms with Gasteiger partial charge in [0.2, 0.25) is 0 Å². The van der Waals surface area contributed by atoms with Gasteiger partial charge in [-0.3, -0.25) is 9.69 Å². The van der Waals surface area contributed by atoms with Crippen molar-refractivity contribution in [3.8, 4) is 0 Å². The van der Waals surface area contributed by atoms with E-state index in [2.05, 4.69) is 4.98 Å². The lowest BCUT2D eigenvalue weighted by Crippen LogP contribution is -2.25. The predicted molar refractivity (Wildman–Crippen MR) is 85.4 cm³/mol. The first-order chi connectivity index (χ1) is 10.6. The summed E-state index contributed by atoms with van der Waals surface area (Å²) < 4.78 is 13.7. The van der Waals surface area contributed by atoms with Gasteiger partial charge >= 0.3 is 0 Å². The highest BCUT2D eigenvalue weighted by Crippen LogP contribution is 2.18.